The van der Waals surface area contributed by atoms with Crippen LogP contribution in [0.5, 0.6) is 0 Å². The first-order valence-corrected chi connectivity index (χ1v) is 7.08. The van der Waals surface area contributed by atoms with Crippen molar-refractivity contribution in [3.63, 3.8) is 0 Å². The number of carbonyl (C=O) groups is 1. The highest BCUT2D eigenvalue weighted by Gasteiger charge is 2.14. The third-order valence-electron chi connectivity index (χ3n) is 2.19. The zero-order valence-corrected chi connectivity index (χ0v) is 12.7. The molecule has 0 bridgehead atoms. The molecule has 0 saturated carbocycles. The van der Waals surface area contributed by atoms with E-state index >= 15 is 0 Å². The second-order valence-corrected chi connectivity index (χ2v) is 5.81. The quantitative estimate of drug-likeness (QED) is 0.602. The standard InChI is InChI=1S/C12H7Cl3N2OS/c1-6-16-11(15)8(5-18)12(17-6)19-10-4-7(13)2-3-9(10)14/h2-5H,1H3. The van der Waals surface area contributed by atoms with Crippen molar-refractivity contribution in [1.29, 1.82) is 0 Å². The number of nitrogens with zero attached hydrogens (tertiary/aromatic N) is 2. The number of rotatable bonds is 3. The van der Waals surface area contributed by atoms with Gasteiger partial charge in [0.15, 0.2) is 6.29 Å². The normalized spacial score (nSPS) is 10.5. The van der Waals surface area contributed by atoms with Crippen molar-refractivity contribution in [2.24, 2.45) is 0 Å². The highest BCUT2D eigenvalue weighted by atomic mass is 35.5. The molecule has 19 heavy (non-hydrogen) atoms. The van der Waals surface area contributed by atoms with Gasteiger partial charge in [-0.2, -0.15) is 0 Å². The maximum Gasteiger partial charge on any atom is 0.155 e. The van der Waals surface area contributed by atoms with Gasteiger partial charge in [-0.3, -0.25) is 4.79 Å². The van der Waals surface area contributed by atoms with Gasteiger partial charge >= 0.3 is 0 Å². The van der Waals surface area contributed by atoms with E-state index in [9.17, 15) is 4.79 Å². The van der Waals surface area contributed by atoms with Crippen molar-refractivity contribution in [1.82, 2.24) is 9.97 Å². The Morgan fingerprint density at radius 1 is 1.21 bits per heavy atom. The van der Waals surface area contributed by atoms with Gasteiger partial charge in [-0.15, -0.1) is 0 Å². The van der Waals surface area contributed by atoms with E-state index in [0.717, 1.165) is 0 Å². The molecule has 0 spiro atoms. The molecule has 0 aliphatic rings. The number of aldehydes is 1. The van der Waals surface area contributed by atoms with Crippen LogP contribution < -0.4 is 0 Å². The number of aryl methyl sites for hydroxylation is 1. The van der Waals surface area contributed by atoms with Crippen LogP contribution in [0.25, 0.3) is 0 Å². The first kappa shape index (κ1) is 14.6. The van der Waals surface area contributed by atoms with Crippen LogP contribution in [0.1, 0.15) is 16.2 Å². The molecule has 0 N–H and O–H groups in total. The molecule has 0 fully saturated rings. The first-order valence-electron chi connectivity index (χ1n) is 5.13. The third kappa shape index (κ3) is 3.39. The minimum Gasteiger partial charge on any atom is -0.298 e. The SMILES string of the molecule is Cc1nc(Cl)c(C=O)c(Sc2cc(Cl)ccc2Cl)n1. The number of hydrogen-bond donors (Lipinski definition) is 0. The lowest BCUT2D eigenvalue weighted by Crippen LogP contribution is -1.98. The number of benzene rings is 1. The molecule has 0 atom stereocenters. The van der Waals surface area contributed by atoms with Crippen LogP contribution in [0.3, 0.4) is 0 Å². The highest BCUT2D eigenvalue weighted by molar-refractivity contribution is 7.99. The molecule has 0 amide bonds. The number of aromatic nitrogens is 2. The Morgan fingerprint density at radius 3 is 2.63 bits per heavy atom. The van der Waals surface area contributed by atoms with Crippen molar-refractivity contribution in [2.45, 2.75) is 16.8 Å². The van der Waals surface area contributed by atoms with Gasteiger partial charge in [-0.25, -0.2) is 9.97 Å². The summed E-state index contributed by atoms with van der Waals surface area (Å²) in [5.74, 6) is 0.483. The summed E-state index contributed by atoms with van der Waals surface area (Å²) >= 11 is 19.1. The lowest BCUT2D eigenvalue weighted by atomic mass is 10.4. The summed E-state index contributed by atoms with van der Waals surface area (Å²) in [6, 6.07) is 5.07. The van der Waals surface area contributed by atoms with Crippen molar-refractivity contribution >= 4 is 52.9 Å². The van der Waals surface area contributed by atoms with Gasteiger partial charge in [-0.05, 0) is 25.1 Å². The number of hydrogen-bond acceptors (Lipinski definition) is 4. The molecule has 3 nitrogen and oxygen atoms in total. The fraction of sp³-hybridized carbons (Fsp3) is 0.0833. The molecule has 2 aromatic rings. The van der Waals surface area contributed by atoms with Crippen molar-refractivity contribution in [2.75, 3.05) is 0 Å². The zero-order chi connectivity index (χ0) is 14.0. The Bertz CT molecular complexity index is 649. The predicted octanol–water partition coefficient (Wildman–Crippen LogP) is 4.71. The molecular weight excluding hydrogens is 327 g/mol. The van der Waals surface area contributed by atoms with E-state index in [1.807, 2.05) is 0 Å². The first-order chi connectivity index (χ1) is 9.01. The van der Waals surface area contributed by atoms with Crippen molar-refractivity contribution < 1.29 is 4.79 Å². The van der Waals surface area contributed by atoms with Gasteiger partial charge in [0.25, 0.3) is 0 Å². The van der Waals surface area contributed by atoms with Gasteiger partial charge in [0.05, 0.1) is 10.6 Å². The summed E-state index contributed by atoms with van der Waals surface area (Å²) in [6.07, 6.45) is 0.628. The second kappa shape index (κ2) is 6.09. The molecule has 0 radical (unpaired) electrons. The summed E-state index contributed by atoms with van der Waals surface area (Å²) in [7, 11) is 0. The molecule has 1 aromatic carbocycles. The summed E-state index contributed by atoms with van der Waals surface area (Å²) in [4.78, 5) is 19.9. The maximum atomic E-state index is 11.1. The molecule has 2 rings (SSSR count). The van der Waals surface area contributed by atoms with E-state index in [4.69, 9.17) is 34.8 Å². The van der Waals surface area contributed by atoms with Gasteiger partial charge < -0.3 is 0 Å². The molecule has 0 unspecified atom stereocenters. The smallest absolute Gasteiger partial charge is 0.155 e. The lowest BCUT2D eigenvalue weighted by molar-refractivity contribution is 0.112. The number of carbonyl (C=O) groups excluding carboxylic acids is 1. The average molecular weight is 334 g/mol. The minimum absolute atomic E-state index is 0.128. The number of halogens is 3. The maximum absolute atomic E-state index is 11.1. The van der Waals surface area contributed by atoms with Gasteiger partial charge in [0, 0.05) is 9.92 Å². The Kier molecular flexibility index (Phi) is 4.68. The van der Waals surface area contributed by atoms with E-state index in [1.54, 1.807) is 25.1 Å². The summed E-state index contributed by atoms with van der Waals surface area (Å²) in [5.41, 5.74) is 0.244. The van der Waals surface area contributed by atoms with Crippen LogP contribution in [0, 0.1) is 6.92 Å². The van der Waals surface area contributed by atoms with E-state index in [-0.39, 0.29) is 10.7 Å². The molecule has 1 aromatic heterocycles. The third-order valence-corrected chi connectivity index (χ3v) is 4.22. The molecule has 0 aliphatic heterocycles. The van der Waals surface area contributed by atoms with E-state index in [2.05, 4.69) is 9.97 Å². The van der Waals surface area contributed by atoms with Crippen molar-refractivity contribution in [3.05, 3.63) is 44.8 Å². The van der Waals surface area contributed by atoms with Crippen LogP contribution in [0.15, 0.2) is 28.1 Å². The topological polar surface area (TPSA) is 42.9 Å². The van der Waals surface area contributed by atoms with Gasteiger partial charge in [0.1, 0.15) is 16.0 Å². The molecule has 98 valence electrons. The molecule has 0 saturated heterocycles. The Hall–Kier alpha value is -0.810. The van der Waals surface area contributed by atoms with Gasteiger partial charge in [-0.1, -0.05) is 46.6 Å². The molecular formula is C12H7Cl3N2OS. The molecule has 1 heterocycles. The highest BCUT2D eigenvalue weighted by Crippen LogP contribution is 2.36. The lowest BCUT2D eigenvalue weighted by Gasteiger charge is -2.07. The molecule has 7 heteroatoms. The zero-order valence-electron chi connectivity index (χ0n) is 9.65. The van der Waals surface area contributed by atoms with E-state index in [0.29, 0.717) is 32.1 Å². The summed E-state index contributed by atoms with van der Waals surface area (Å²) in [6.45, 7) is 1.70. The summed E-state index contributed by atoms with van der Waals surface area (Å²) in [5, 5.41) is 1.66. The van der Waals surface area contributed by atoms with E-state index < -0.39 is 0 Å². The summed E-state index contributed by atoms with van der Waals surface area (Å²) < 4.78 is 0. The Morgan fingerprint density at radius 2 is 1.95 bits per heavy atom. The average Bonchev–Trinajstić information content (AvgIpc) is 2.33. The van der Waals surface area contributed by atoms with Crippen LogP contribution in [0.2, 0.25) is 15.2 Å². The fourth-order valence-corrected chi connectivity index (χ4v) is 3.13. The monoisotopic (exact) mass is 332 g/mol. The Labute approximate surface area is 129 Å². The fourth-order valence-electron chi connectivity index (χ4n) is 1.36. The van der Waals surface area contributed by atoms with Crippen LogP contribution in [0.4, 0.5) is 0 Å². The van der Waals surface area contributed by atoms with Crippen LogP contribution in [-0.4, -0.2) is 16.3 Å². The van der Waals surface area contributed by atoms with E-state index in [1.165, 1.54) is 11.8 Å². The largest absolute Gasteiger partial charge is 0.298 e. The van der Waals surface area contributed by atoms with Gasteiger partial charge in [0.2, 0.25) is 0 Å². The molecule has 0 aliphatic carbocycles. The predicted molar refractivity (Wildman–Crippen MR) is 77.8 cm³/mol. The van der Waals surface area contributed by atoms with Crippen molar-refractivity contribution in [3.8, 4) is 0 Å². The van der Waals surface area contributed by atoms with Crippen LogP contribution in [-0.2, 0) is 0 Å². The van der Waals surface area contributed by atoms with Crippen LogP contribution >= 0.6 is 46.6 Å². The Balaban J connectivity index is 2.48. The minimum atomic E-state index is 0.128. The second-order valence-electron chi connectivity index (χ2n) is 3.58.